The third kappa shape index (κ3) is 8.07. The number of nitrogens with zero attached hydrogens (tertiary/aromatic N) is 5. The van der Waals surface area contributed by atoms with E-state index in [1.54, 1.807) is 22.7 Å². The van der Waals surface area contributed by atoms with E-state index in [2.05, 4.69) is 31.1 Å². The second kappa shape index (κ2) is 14.9. The van der Waals surface area contributed by atoms with E-state index in [-0.39, 0.29) is 11.7 Å². The van der Waals surface area contributed by atoms with Crippen LogP contribution in [-0.4, -0.2) is 62.7 Å². The molecule has 0 amide bonds. The van der Waals surface area contributed by atoms with Gasteiger partial charge in [-0.25, -0.2) is 9.78 Å². The van der Waals surface area contributed by atoms with Crippen molar-refractivity contribution in [2.45, 2.75) is 84.2 Å². The molecule has 1 aliphatic heterocycles. The Labute approximate surface area is 294 Å². The van der Waals surface area contributed by atoms with Gasteiger partial charge in [-0.15, -0.1) is 13.2 Å². The minimum Gasteiger partial charge on any atom is -0.490 e. The van der Waals surface area contributed by atoms with Crippen LogP contribution in [0.4, 0.5) is 5.82 Å². The minimum absolute atomic E-state index is 0.123. The van der Waals surface area contributed by atoms with Gasteiger partial charge < -0.3 is 24.2 Å². The van der Waals surface area contributed by atoms with Gasteiger partial charge in [0.15, 0.2) is 11.8 Å². The number of carboxylic acids is 1. The summed E-state index contributed by atoms with van der Waals surface area (Å²) in [6.45, 7) is 20.8. The number of aliphatic carboxylic acids is 1. The van der Waals surface area contributed by atoms with Crippen molar-refractivity contribution in [2.75, 3.05) is 24.6 Å². The maximum Gasteiger partial charge on any atom is 0.337 e. The highest BCUT2D eigenvalue weighted by atomic mass is 16.5. The van der Waals surface area contributed by atoms with E-state index in [0.717, 1.165) is 29.5 Å². The van der Waals surface area contributed by atoms with Gasteiger partial charge in [0.2, 0.25) is 0 Å². The largest absolute Gasteiger partial charge is 0.490 e. The number of carbonyl (C=O) groups is 1. The lowest BCUT2D eigenvalue weighted by Gasteiger charge is -2.41. The van der Waals surface area contributed by atoms with Crippen LogP contribution >= 0.6 is 0 Å². The van der Waals surface area contributed by atoms with Crippen molar-refractivity contribution in [3.05, 3.63) is 90.7 Å². The number of carboxylic acid groups (broad SMARTS) is 1. The van der Waals surface area contributed by atoms with Gasteiger partial charge in [0.25, 0.3) is 0 Å². The molecule has 1 fully saturated rings. The van der Waals surface area contributed by atoms with Crippen molar-refractivity contribution in [1.29, 1.82) is 5.26 Å². The molecule has 4 aromatic rings. The van der Waals surface area contributed by atoms with E-state index in [1.807, 2.05) is 77.1 Å². The number of hydrogen-bond acceptors (Lipinski definition) is 8. The lowest BCUT2D eigenvalue weighted by Crippen LogP contribution is -2.45. The molecule has 1 saturated heterocycles. The number of piperidine rings is 1. The zero-order chi connectivity index (χ0) is 36.2. The number of nitriles is 1. The first-order valence-electron chi connectivity index (χ1n) is 17.0. The molecule has 10 heteroatoms. The maximum atomic E-state index is 12.8. The first-order chi connectivity index (χ1) is 23.8. The smallest absolute Gasteiger partial charge is 0.337 e. The van der Waals surface area contributed by atoms with Crippen LogP contribution in [0.25, 0.3) is 28.0 Å². The highest BCUT2D eigenvalue weighted by Crippen LogP contribution is 2.39. The lowest BCUT2D eigenvalue weighted by atomic mass is 9.92. The Balaban J connectivity index is 1.63. The minimum atomic E-state index is -1.26. The second-order valence-corrected chi connectivity index (χ2v) is 14.1. The molecule has 2 unspecified atom stereocenters. The van der Waals surface area contributed by atoms with E-state index >= 15 is 0 Å². The number of hydrogen-bond donors (Lipinski definition) is 1. The fraction of sp³-hybridized carbons (Fsp3) is 0.400. The topological polar surface area (TPSA) is 122 Å². The molecule has 0 spiro atoms. The monoisotopic (exact) mass is 677 g/mol. The van der Waals surface area contributed by atoms with Gasteiger partial charge in [-0.3, -0.25) is 0 Å². The van der Waals surface area contributed by atoms with Gasteiger partial charge in [0.05, 0.1) is 46.8 Å². The van der Waals surface area contributed by atoms with E-state index < -0.39 is 17.7 Å². The Morgan fingerprint density at radius 1 is 1.12 bits per heavy atom. The summed E-state index contributed by atoms with van der Waals surface area (Å²) in [5.74, 6) is 0.170. The van der Waals surface area contributed by atoms with E-state index in [1.165, 1.54) is 0 Å². The third-order valence-electron chi connectivity index (χ3n) is 8.84. The van der Waals surface area contributed by atoms with Gasteiger partial charge >= 0.3 is 5.97 Å². The average molecular weight is 678 g/mol. The molecule has 2 atom stereocenters. The molecule has 5 rings (SSSR count). The van der Waals surface area contributed by atoms with Crippen molar-refractivity contribution >= 4 is 17.4 Å². The molecule has 0 bridgehead atoms. The number of ether oxygens (including phenoxy) is 3. The Kier molecular flexibility index (Phi) is 10.8. The highest BCUT2D eigenvalue weighted by Gasteiger charge is 2.37. The summed E-state index contributed by atoms with van der Waals surface area (Å²) < 4.78 is 20.3. The number of aryl methyl sites for hydroxylation is 1. The number of benzene rings is 2. The molecule has 1 aliphatic rings. The van der Waals surface area contributed by atoms with Crippen molar-refractivity contribution < 1.29 is 24.1 Å². The fourth-order valence-corrected chi connectivity index (χ4v) is 6.32. The van der Waals surface area contributed by atoms with Crippen LogP contribution < -0.4 is 9.64 Å². The van der Waals surface area contributed by atoms with Crippen LogP contribution in [0.3, 0.4) is 0 Å². The predicted molar refractivity (Wildman–Crippen MR) is 195 cm³/mol. The molecule has 2 aromatic heterocycles. The second-order valence-electron chi connectivity index (χ2n) is 14.1. The number of fused-ring (bicyclic) bond motifs is 1. The zero-order valence-electron chi connectivity index (χ0n) is 29.9. The average Bonchev–Trinajstić information content (AvgIpc) is 3.49. The molecular formula is C40H47N5O5. The summed E-state index contributed by atoms with van der Waals surface area (Å²) in [5, 5.41) is 25.1. The first kappa shape index (κ1) is 36.3. The number of aromatic nitrogens is 3. The third-order valence-corrected chi connectivity index (χ3v) is 8.84. The van der Waals surface area contributed by atoms with Gasteiger partial charge in [-0.2, -0.15) is 14.9 Å². The number of anilines is 1. The SMILES string of the molecule is C=CCOC1(C)CCN(c2c(C(OC(C)(C)C)C(=O)O)c(C)nc3cc(-c4cccc(-c5ccc(C#N)cc5OC(C)CC=C)c4)nn23)CC1. The molecule has 0 aliphatic carbocycles. The Hall–Kier alpha value is -4.98. The molecule has 0 saturated carbocycles. The molecular weight excluding hydrogens is 630 g/mol. The van der Waals surface area contributed by atoms with Gasteiger partial charge in [0, 0.05) is 42.4 Å². The van der Waals surface area contributed by atoms with Crippen LogP contribution in [0.2, 0.25) is 0 Å². The van der Waals surface area contributed by atoms with E-state index in [9.17, 15) is 15.2 Å². The normalized spacial score (nSPS) is 15.7. The summed E-state index contributed by atoms with van der Waals surface area (Å²) in [4.78, 5) is 19.9. The molecule has 262 valence electrons. The zero-order valence-corrected chi connectivity index (χ0v) is 29.9. The molecule has 2 aromatic carbocycles. The molecule has 1 N–H and O–H groups in total. The van der Waals surface area contributed by atoms with Crippen molar-refractivity contribution in [1.82, 2.24) is 14.6 Å². The summed E-state index contributed by atoms with van der Waals surface area (Å²) in [6, 6.07) is 17.5. The summed E-state index contributed by atoms with van der Waals surface area (Å²) in [5.41, 5.74) is 4.36. The summed E-state index contributed by atoms with van der Waals surface area (Å²) >= 11 is 0. The Morgan fingerprint density at radius 2 is 1.84 bits per heavy atom. The number of rotatable bonds is 13. The molecule has 0 radical (unpaired) electrons. The standard InChI is InChI=1S/C40H47N5O5/c1-9-12-26(3)49-33-22-28(25-41)15-16-31(33)29-13-11-14-30(23-29)32-24-34-42-27(4)35(36(38(46)47)50-39(5,6)7)37(45(34)43-32)44-19-17-40(8,18-20-44)48-21-10-2/h9-11,13-16,22-24,26,36H,1-2,12,17-21H2,3-8H3,(H,46,47). The van der Waals surface area contributed by atoms with Crippen LogP contribution in [0, 0.1) is 18.3 Å². The summed E-state index contributed by atoms with van der Waals surface area (Å²) in [6.07, 6.45) is 4.31. The van der Waals surface area contributed by atoms with Crippen LogP contribution in [-0.2, 0) is 14.3 Å². The first-order valence-corrected chi connectivity index (χ1v) is 17.0. The summed E-state index contributed by atoms with van der Waals surface area (Å²) in [7, 11) is 0. The maximum absolute atomic E-state index is 12.8. The predicted octanol–water partition coefficient (Wildman–Crippen LogP) is 8.09. The van der Waals surface area contributed by atoms with Crippen LogP contribution in [0.5, 0.6) is 5.75 Å². The van der Waals surface area contributed by atoms with Crippen molar-refractivity contribution in [2.24, 2.45) is 0 Å². The van der Waals surface area contributed by atoms with Gasteiger partial charge in [-0.05, 0) is 84.2 Å². The molecule has 3 heterocycles. The lowest BCUT2D eigenvalue weighted by molar-refractivity contribution is -0.160. The van der Waals surface area contributed by atoms with E-state index in [0.29, 0.717) is 65.8 Å². The van der Waals surface area contributed by atoms with Gasteiger partial charge in [-0.1, -0.05) is 30.4 Å². The Bertz CT molecular complexity index is 1930. The van der Waals surface area contributed by atoms with Crippen molar-refractivity contribution in [3.8, 4) is 34.2 Å². The van der Waals surface area contributed by atoms with Crippen LogP contribution in [0.1, 0.15) is 76.8 Å². The van der Waals surface area contributed by atoms with Crippen molar-refractivity contribution in [3.63, 3.8) is 0 Å². The fourth-order valence-electron chi connectivity index (χ4n) is 6.32. The molecule has 10 nitrogen and oxygen atoms in total. The van der Waals surface area contributed by atoms with Crippen LogP contribution in [0.15, 0.2) is 73.8 Å². The highest BCUT2D eigenvalue weighted by molar-refractivity contribution is 5.80. The quantitative estimate of drug-likeness (QED) is 0.140. The van der Waals surface area contributed by atoms with Gasteiger partial charge in [0.1, 0.15) is 11.6 Å². The molecule has 50 heavy (non-hydrogen) atoms. The van der Waals surface area contributed by atoms with E-state index in [4.69, 9.17) is 24.3 Å². The Morgan fingerprint density at radius 3 is 2.48 bits per heavy atom.